The molecule has 0 amide bonds. The van der Waals surface area contributed by atoms with Crippen molar-refractivity contribution in [3.63, 3.8) is 0 Å². The number of hydrogen-bond acceptors (Lipinski definition) is 8. The maximum absolute atomic E-state index is 12.5. The van der Waals surface area contributed by atoms with E-state index in [1.165, 1.54) is 0 Å². The number of esters is 1. The van der Waals surface area contributed by atoms with E-state index >= 15 is 0 Å². The zero-order chi connectivity index (χ0) is 22.0. The number of hydrogen-bond donors (Lipinski definition) is 0. The van der Waals surface area contributed by atoms with Gasteiger partial charge in [0, 0.05) is 5.92 Å². The minimum Gasteiger partial charge on any atom is -0.493 e. The smallest absolute Gasteiger partial charge is 0.309 e. The van der Waals surface area contributed by atoms with Crippen LogP contribution in [-0.4, -0.2) is 47.8 Å². The van der Waals surface area contributed by atoms with E-state index in [1.54, 1.807) is 28.4 Å². The number of rotatable bonds is 8. The first-order chi connectivity index (χ1) is 15.1. The average Bonchev–Trinajstić information content (AvgIpc) is 3.39. The van der Waals surface area contributed by atoms with Gasteiger partial charge in [0.05, 0.1) is 41.0 Å². The van der Waals surface area contributed by atoms with Crippen molar-refractivity contribution >= 4 is 5.97 Å². The molecule has 2 aromatic rings. The Hall–Kier alpha value is -3.29. The first kappa shape index (κ1) is 21.0. The van der Waals surface area contributed by atoms with Crippen LogP contribution in [0.3, 0.4) is 0 Å². The molecule has 2 aliphatic rings. The van der Waals surface area contributed by atoms with Crippen LogP contribution in [0.15, 0.2) is 24.3 Å². The number of carbonyl (C=O) groups is 1. The van der Waals surface area contributed by atoms with Gasteiger partial charge in [-0.15, -0.1) is 0 Å². The van der Waals surface area contributed by atoms with Crippen molar-refractivity contribution in [2.24, 2.45) is 11.8 Å². The number of ether oxygens (including phenoxy) is 7. The van der Waals surface area contributed by atoms with Crippen LogP contribution in [0.1, 0.15) is 11.1 Å². The summed E-state index contributed by atoms with van der Waals surface area (Å²) in [5.74, 6) is 3.03. The molecule has 0 aliphatic carbocycles. The van der Waals surface area contributed by atoms with E-state index in [4.69, 9.17) is 33.2 Å². The second-order valence-electron chi connectivity index (χ2n) is 7.47. The highest BCUT2D eigenvalue weighted by atomic mass is 16.7. The van der Waals surface area contributed by atoms with Crippen molar-refractivity contribution in [1.29, 1.82) is 0 Å². The van der Waals surface area contributed by atoms with Gasteiger partial charge in [0.25, 0.3) is 0 Å². The van der Waals surface area contributed by atoms with Crippen LogP contribution in [0.5, 0.6) is 34.5 Å². The molecule has 2 heterocycles. The predicted octanol–water partition coefficient (Wildman–Crippen LogP) is 3.02. The Kier molecular flexibility index (Phi) is 5.97. The van der Waals surface area contributed by atoms with Crippen molar-refractivity contribution in [2.45, 2.75) is 12.8 Å². The van der Waals surface area contributed by atoms with E-state index in [0.29, 0.717) is 53.9 Å². The third-order valence-electron chi connectivity index (χ3n) is 5.71. The van der Waals surface area contributed by atoms with Crippen molar-refractivity contribution in [2.75, 3.05) is 41.8 Å². The third-order valence-corrected chi connectivity index (χ3v) is 5.71. The summed E-state index contributed by atoms with van der Waals surface area (Å²) in [6.07, 6.45) is 1.15. The largest absolute Gasteiger partial charge is 0.493 e. The molecule has 8 nitrogen and oxygen atoms in total. The first-order valence-electron chi connectivity index (χ1n) is 10.00. The third kappa shape index (κ3) is 4.02. The second-order valence-corrected chi connectivity index (χ2v) is 7.47. The molecule has 2 aliphatic heterocycles. The van der Waals surface area contributed by atoms with Crippen LogP contribution in [0.25, 0.3) is 0 Å². The molecule has 166 valence electrons. The Bertz CT molecular complexity index is 945. The maximum Gasteiger partial charge on any atom is 0.309 e. The molecule has 4 rings (SSSR count). The van der Waals surface area contributed by atoms with Gasteiger partial charge in [0.15, 0.2) is 23.0 Å². The normalized spacial score (nSPS) is 19.2. The van der Waals surface area contributed by atoms with Crippen molar-refractivity contribution in [3.05, 3.63) is 35.4 Å². The predicted molar refractivity (Wildman–Crippen MR) is 111 cm³/mol. The van der Waals surface area contributed by atoms with Crippen LogP contribution in [-0.2, 0) is 22.4 Å². The highest BCUT2D eigenvalue weighted by Crippen LogP contribution is 2.43. The van der Waals surface area contributed by atoms with Gasteiger partial charge >= 0.3 is 5.97 Å². The number of carbonyl (C=O) groups excluding carboxylic acids is 1. The monoisotopic (exact) mass is 430 g/mol. The fourth-order valence-electron chi connectivity index (χ4n) is 4.17. The second kappa shape index (κ2) is 8.83. The number of cyclic esters (lactones) is 1. The van der Waals surface area contributed by atoms with Crippen molar-refractivity contribution < 1.29 is 38.0 Å². The van der Waals surface area contributed by atoms with Gasteiger partial charge in [-0.05, 0) is 48.2 Å². The van der Waals surface area contributed by atoms with Crippen LogP contribution >= 0.6 is 0 Å². The SMILES string of the molecule is COc1cc(C[C@H]2C(=O)OC[C@@H]2Cc2cc(OC)c3c(c2)OCO3)cc(OC)c1OC. The van der Waals surface area contributed by atoms with Gasteiger partial charge in [-0.2, -0.15) is 0 Å². The van der Waals surface area contributed by atoms with E-state index < -0.39 is 0 Å². The molecule has 2 aromatic carbocycles. The van der Waals surface area contributed by atoms with Crippen LogP contribution < -0.4 is 28.4 Å². The van der Waals surface area contributed by atoms with Gasteiger partial charge in [-0.1, -0.05) is 0 Å². The number of fused-ring (bicyclic) bond motifs is 1. The van der Waals surface area contributed by atoms with Crippen LogP contribution in [0.2, 0.25) is 0 Å². The minimum atomic E-state index is -0.292. The lowest BCUT2D eigenvalue weighted by molar-refractivity contribution is -0.141. The first-order valence-corrected chi connectivity index (χ1v) is 10.00. The highest BCUT2D eigenvalue weighted by molar-refractivity contribution is 5.75. The molecular formula is C23H26O8. The summed E-state index contributed by atoms with van der Waals surface area (Å²) in [4.78, 5) is 12.5. The molecule has 1 saturated heterocycles. The zero-order valence-corrected chi connectivity index (χ0v) is 18.1. The van der Waals surface area contributed by atoms with Gasteiger partial charge < -0.3 is 33.2 Å². The van der Waals surface area contributed by atoms with Crippen LogP contribution in [0, 0.1) is 11.8 Å². The highest BCUT2D eigenvalue weighted by Gasteiger charge is 2.37. The van der Waals surface area contributed by atoms with Gasteiger partial charge in [0.1, 0.15) is 0 Å². The summed E-state index contributed by atoms with van der Waals surface area (Å²) in [5, 5.41) is 0. The van der Waals surface area contributed by atoms with E-state index in [2.05, 4.69) is 0 Å². The topological polar surface area (TPSA) is 81.7 Å². The molecule has 0 radical (unpaired) electrons. The summed E-state index contributed by atoms with van der Waals surface area (Å²) in [7, 11) is 6.29. The van der Waals surface area contributed by atoms with E-state index in [-0.39, 0.29) is 24.6 Å². The van der Waals surface area contributed by atoms with Crippen molar-refractivity contribution in [3.8, 4) is 34.5 Å². The van der Waals surface area contributed by atoms with Crippen molar-refractivity contribution in [1.82, 2.24) is 0 Å². The molecule has 0 N–H and O–H groups in total. The molecule has 0 saturated carbocycles. The quantitative estimate of drug-likeness (QED) is 0.591. The van der Waals surface area contributed by atoms with Gasteiger partial charge in [-0.25, -0.2) is 0 Å². The van der Waals surface area contributed by atoms with E-state index in [9.17, 15) is 4.79 Å². The molecule has 2 atom stereocenters. The lowest BCUT2D eigenvalue weighted by Crippen LogP contribution is -2.20. The summed E-state index contributed by atoms with van der Waals surface area (Å²) < 4.78 is 38.1. The lowest BCUT2D eigenvalue weighted by atomic mass is 9.85. The Labute approximate surface area is 180 Å². The standard InChI is InChI=1S/C23H26O8/c1-25-17-8-14(9-18(26-2)21(17)28-4)6-16-15(11-29-23(16)24)5-13-7-19(27-3)22-20(10-13)30-12-31-22/h7-10,15-16H,5-6,11-12H2,1-4H3/t15-,16+/m0/s1. The zero-order valence-electron chi connectivity index (χ0n) is 18.1. The Morgan fingerprint density at radius 1 is 0.806 bits per heavy atom. The molecule has 0 aromatic heterocycles. The Morgan fingerprint density at radius 3 is 2.10 bits per heavy atom. The summed E-state index contributed by atoms with van der Waals surface area (Å²) in [6, 6.07) is 7.60. The fourth-order valence-corrected chi connectivity index (χ4v) is 4.17. The average molecular weight is 430 g/mol. The molecule has 1 fully saturated rings. The summed E-state index contributed by atoms with van der Waals surface area (Å²) >= 11 is 0. The molecule has 0 unspecified atom stereocenters. The maximum atomic E-state index is 12.5. The molecule has 8 heteroatoms. The van der Waals surface area contributed by atoms with E-state index in [0.717, 1.165) is 11.1 Å². The molecular weight excluding hydrogens is 404 g/mol. The summed E-state index contributed by atoms with van der Waals surface area (Å²) in [5.41, 5.74) is 1.91. The Balaban J connectivity index is 1.57. The summed E-state index contributed by atoms with van der Waals surface area (Å²) in [6.45, 7) is 0.536. The van der Waals surface area contributed by atoms with Gasteiger partial charge in [-0.3, -0.25) is 4.79 Å². The molecule has 0 spiro atoms. The number of methoxy groups -OCH3 is 4. The fraction of sp³-hybridized carbons (Fsp3) is 0.435. The van der Waals surface area contributed by atoms with Crippen LogP contribution in [0.4, 0.5) is 0 Å². The molecule has 31 heavy (non-hydrogen) atoms. The molecule has 0 bridgehead atoms. The Morgan fingerprint density at radius 2 is 1.45 bits per heavy atom. The van der Waals surface area contributed by atoms with E-state index in [1.807, 2.05) is 24.3 Å². The van der Waals surface area contributed by atoms with Gasteiger partial charge in [0.2, 0.25) is 18.3 Å². The minimum absolute atomic E-state index is 0.0108. The lowest BCUT2D eigenvalue weighted by Gasteiger charge is -2.18. The number of benzene rings is 2.